The molecule has 2 heterocycles. The van der Waals surface area contributed by atoms with Crippen LogP contribution in [-0.4, -0.2) is 11.2 Å². The Morgan fingerprint density at radius 2 is 0.764 bits per heavy atom. The van der Waals surface area contributed by atoms with Gasteiger partial charge in [-0.1, -0.05) is 124 Å². The first-order chi connectivity index (χ1) is 26.7. The van der Waals surface area contributed by atoms with Crippen LogP contribution in [0.3, 0.4) is 0 Å². The third-order valence-electron chi connectivity index (χ3n) is 15.5. The van der Waals surface area contributed by atoms with Crippen LogP contribution in [0.2, 0.25) is 0 Å². The molecule has 2 heteroatoms. The summed E-state index contributed by atoms with van der Waals surface area (Å²) in [5.41, 5.74) is 15.0. The zero-order valence-corrected chi connectivity index (χ0v) is 32.7. The van der Waals surface area contributed by atoms with Gasteiger partial charge in [0.15, 0.2) is 0 Å². The molecule has 4 atom stereocenters. The molecule has 274 valence electrons. The maximum atomic E-state index is 6.75. The molecule has 5 aliphatic rings. The van der Waals surface area contributed by atoms with E-state index in [1.807, 2.05) is 0 Å². The molecule has 0 saturated heterocycles. The Hall–Kier alpha value is -5.08. The number of hydrogen-bond donors (Lipinski definition) is 0. The monoisotopic (exact) mass is 718 g/mol. The van der Waals surface area contributed by atoms with Gasteiger partial charge in [0.2, 0.25) is 0 Å². The van der Waals surface area contributed by atoms with Crippen molar-refractivity contribution in [3.05, 3.63) is 167 Å². The van der Waals surface area contributed by atoms with Gasteiger partial charge >= 0.3 is 0 Å². The average molecular weight is 719 g/mol. The predicted octanol–water partition coefficient (Wildman–Crippen LogP) is 13.3. The van der Waals surface area contributed by atoms with Crippen molar-refractivity contribution in [2.45, 2.75) is 107 Å². The fourth-order valence-corrected chi connectivity index (χ4v) is 11.9. The molecule has 0 radical (unpaired) electrons. The molecule has 4 unspecified atom stereocenters. The molecule has 0 bridgehead atoms. The molecule has 0 spiro atoms. The van der Waals surface area contributed by atoms with Crippen LogP contribution in [0.25, 0.3) is 33.4 Å². The molecular formula is C53H50O2. The Balaban J connectivity index is 1.11. The molecule has 11 rings (SSSR count). The van der Waals surface area contributed by atoms with Crippen LogP contribution in [-0.2, 0) is 16.2 Å². The molecule has 0 N–H and O–H groups in total. The quantitative estimate of drug-likeness (QED) is 0.180. The summed E-state index contributed by atoms with van der Waals surface area (Å²) in [7, 11) is 0. The van der Waals surface area contributed by atoms with E-state index in [-0.39, 0.29) is 22.0 Å². The number of hydrogen-bond acceptors (Lipinski definition) is 2. The summed E-state index contributed by atoms with van der Waals surface area (Å²) >= 11 is 0. The van der Waals surface area contributed by atoms with E-state index in [1.165, 1.54) is 105 Å². The maximum Gasteiger partial charge on any atom is 0.124 e. The minimum atomic E-state index is -0.448. The third-order valence-corrected chi connectivity index (χ3v) is 15.5. The lowest BCUT2D eigenvalue weighted by molar-refractivity contribution is 0.00727. The van der Waals surface area contributed by atoms with Crippen molar-refractivity contribution in [2.24, 2.45) is 0 Å². The standard InChI is InChI=1S/C53H50O2/c1-49-27-11-13-29-51(49,3)54-47-25-21-37(33-45(47)49)35-19-23-43-41(31-35)42-32-36(38-22-26-48-46(34-38)50(2)28-12-14-30-52(50,4)55-48)20-24-44(42)53(43,39-15-7-5-8-16-39)40-17-9-6-10-18-40/h5-10,15-26,31-34H,11-14,27-30H2,1-4H3. The lowest BCUT2D eigenvalue weighted by atomic mass is 9.63. The second-order valence-electron chi connectivity index (χ2n) is 18.2. The zero-order chi connectivity index (χ0) is 37.2. The van der Waals surface area contributed by atoms with Crippen molar-refractivity contribution in [2.75, 3.05) is 0 Å². The van der Waals surface area contributed by atoms with Gasteiger partial charge in [-0.25, -0.2) is 0 Å². The van der Waals surface area contributed by atoms with E-state index in [4.69, 9.17) is 9.47 Å². The minimum absolute atomic E-state index is 0.0254. The van der Waals surface area contributed by atoms with Crippen LogP contribution >= 0.6 is 0 Å². The van der Waals surface area contributed by atoms with Gasteiger partial charge in [0.1, 0.15) is 22.7 Å². The highest BCUT2D eigenvalue weighted by molar-refractivity contribution is 5.91. The van der Waals surface area contributed by atoms with Crippen molar-refractivity contribution in [3.63, 3.8) is 0 Å². The number of fused-ring (bicyclic) bond motifs is 9. The first-order valence-corrected chi connectivity index (χ1v) is 20.8. The first-order valence-electron chi connectivity index (χ1n) is 20.8. The summed E-state index contributed by atoms with van der Waals surface area (Å²) in [6.07, 6.45) is 9.56. The van der Waals surface area contributed by atoms with Crippen LogP contribution in [0.1, 0.15) is 112 Å². The second kappa shape index (κ2) is 11.5. The molecule has 0 amide bonds. The van der Waals surface area contributed by atoms with Gasteiger partial charge in [-0.15, -0.1) is 0 Å². The predicted molar refractivity (Wildman–Crippen MR) is 224 cm³/mol. The fraction of sp³-hybridized carbons (Fsp3) is 0.321. The number of benzene rings is 6. The average Bonchev–Trinajstić information content (AvgIpc) is 3.74. The van der Waals surface area contributed by atoms with Crippen LogP contribution in [0.4, 0.5) is 0 Å². The van der Waals surface area contributed by atoms with Crippen molar-refractivity contribution < 1.29 is 9.47 Å². The second-order valence-corrected chi connectivity index (χ2v) is 18.2. The Bertz CT molecular complexity index is 2340. The SMILES string of the molecule is CC12CCCCC1(C)c1cc(-c3ccc4c(c3)-c3cc(-c5ccc6c(c5)C5(C)CCCCC5(C)O6)ccc3C4(c3ccccc3)c3ccccc3)ccc1O2. The minimum Gasteiger partial charge on any atom is -0.486 e. The highest BCUT2D eigenvalue weighted by atomic mass is 16.5. The molecule has 2 saturated carbocycles. The van der Waals surface area contributed by atoms with Crippen molar-refractivity contribution in [1.29, 1.82) is 0 Å². The van der Waals surface area contributed by atoms with Crippen molar-refractivity contribution in [1.82, 2.24) is 0 Å². The molecular weight excluding hydrogens is 669 g/mol. The van der Waals surface area contributed by atoms with Crippen molar-refractivity contribution in [3.8, 4) is 44.9 Å². The van der Waals surface area contributed by atoms with Crippen molar-refractivity contribution >= 4 is 0 Å². The summed E-state index contributed by atoms with van der Waals surface area (Å²) in [4.78, 5) is 0. The highest BCUT2D eigenvalue weighted by Crippen LogP contribution is 2.60. The molecule has 2 nitrogen and oxygen atoms in total. The Morgan fingerprint density at radius 3 is 1.20 bits per heavy atom. The Kier molecular flexibility index (Phi) is 6.95. The zero-order valence-electron chi connectivity index (χ0n) is 32.7. The van der Waals surface area contributed by atoms with Gasteiger partial charge < -0.3 is 9.47 Å². The number of rotatable bonds is 4. The molecule has 3 aliphatic carbocycles. The summed E-state index contributed by atoms with van der Waals surface area (Å²) in [5.74, 6) is 2.14. The molecule has 2 fully saturated rings. The van der Waals surface area contributed by atoms with E-state index in [0.717, 1.165) is 24.3 Å². The molecule has 6 aromatic carbocycles. The third kappa shape index (κ3) is 4.37. The van der Waals surface area contributed by atoms with E-state index in [2.05, 4.69) is 161 Å². The number of ether oxygens (including phenoxy) is 2. The van der Waals surface area contributed by atoms with Crippen LogP contribution in [0.5, 0.6) is 11.5 Å². The van der Waals surface area contributed by atoms with E-state index < -0.39 is 5.41 Å². The van der Waals surface area contributed by atoms with E-state index in [0.29, 0.717) is 0 Å². The maximum absolute atomic E-state index is 6.75. The van der Waals surface area contributed by atoms with E-state index >= 15 is 0 Å². The van der Waals surface area contributed by atoms with Crippen LogP contribution in [0, 0.1) is 0 Å². The summed E-state index contributed by atoms with van der Waals surface area (Å²) in [6, 6.07) is 50.8. The molecule has 55 heavy (non-hydrogen) atoms. The summed E-state index contributed by atoms with van der Waals surface area (Å²) in [5, 5.41) is 0. The topological polar surface area (TPSA) is 18.5 Å². The first kappa shape index (κ1) is 33.3. The lowest BCUT2D eigenvalue weighted by Crippen LogP contribution is -2.49. The molecule has 6 aromatic rings. The van der Waals surface area contributed by atoms with Gasteiger partial charge in [-0.05, 0) is 144 Å². The normalized spacial score (nSPS) is 27.8. The van der Waals surface area contributed by atoms with E-state index in [9.17, 15) is 0 Å². The Morgan fingerprint density at radius 1 is 0.382 bits per heavy atom. The fourth-order valence-electron chi connectivity index (χ4n) is 11.9. The van der Waals surface area contributed by atoms with Gasteiger partial charge in [0.05, 0.1) is 5.41 Å². The summed E-state index contributed by atoms with van der Waals surface area (Å²) in [6.45, 7) is 9.56. The van der Waals surface area contributed by atoms with E-state index in [1.54, 1.807) is 0 Å². The molecule has 2 aliphatic heterocycles. The van der Waals surface area contributed by atoms with Gasteiger partial charge in [-0.3, -0.25) is 0 Å². The highest BCUT2D eigenvalue weighted by Gasteiger charge is 2.56. The Labute approximate surface area is 326 Å². The van der Waals surface area contributed by atoms with Gasteiger partial charge in [-0.2, -0.15) is 0 Å². The van der Waals surface area contributed by atoms with Gasteiger partial charge in [0.25, 0.3) is 0 Å². The smallest absolute Gasteiger partial charge is 0.124 e. The molecule has 0 aromatic heterocycles. The van der Waals surface area contributed by atoms with Crippen LogP contribution < -0.4 is 9.47 Å². The largest absolute Gasteiger partial charge is 0.486 e. The van der Waals surface area contributed by atoms with Crippen LogP contribution in [0.15, 0.2) is 133 Å². The lowest BCUT2D eigenvalue weighted by Gasteiger charge is -2.43. The summed E-state index contributed by atoms with van der Waals surface area (Å²) < 4.78 is 13.5. The van der Waals surface area contributed by atoms with Gasteiger partial charge in [0, 0.05) is 22.0 Å².